The highest BCUT2D eigenvalue weighted by molar-refractivity contribution is 5.70. The molecule has 1 heterocycles. The summed E-state index contributed by atoms with van der Waals surface area (Å²) in [5.74, 6) is 1.73. The van der Waals surface area contributed by atoms with Crippen molar-refractivity contribution in [2.24, 2.45) is 5.92 Å². The Morgan fingerprint density at radius 2 is 1.35 bits per heavy atom. The van der Waals surface area contributed by atoms with Gasteiger partial charge in [0.1, 0.15) is 6.61 Å². The van der Waals surface area contributed by atoms with Crippen molar-refractivity contribution < 1.29 is 38.3 Å². The summed E-state index contributed by atoms with van der Waals surface area (Å²) in [6.07, 6.45) is 1.39. The van der Waals surface area contributed by atoms with Gasteiger partial charge in [-0.05, 0) is 60.3 Å². The number of carboxylic acid groups (broad SMARTS) is 1. The lowest BCUT2D eigenvalue weighted by Gasteiger charge is -2.38. The van der Waals surface area contributed by atoms with Crippen molar-refractivity contribution in [1.29, 1.82) is 0 Å². The molecule has 1 N–H and O–H groups in total. The predicted octanol–water partition coefficient (Wildman–Crippen LogP) is 5.19. The van der Waals surface area contributed by atoms with Crippen molar-refractivity contribution >= 4 is 5.97 Å². The molecule has 3 aromatic carbocycles. The van der Waals surface area contributed by atoms with Crippen LogP contribution in [0.1, 0.15) is 35.6 Å². The number of rotatable bonds is 12. The van der Waals surface area contributed by atoms with Crippen LogP contribution in [0.25, 0.3) is 0 Å². The van der Waals surface area contributed by atoms with Crippen LogP contribution >= 0.6 is 0 Å². The lowest BCUT2D eigenvalue weighted by atomic mass is 9.90. The average molecular weight is 552 g/mol. The van der Waals surface area contributed by atoms with Crippen LogP contribution in [0, 0.1) is 5.92 Å². The van der Waals surface area contributed by atoms with Crippen molar-refractivity contribution in [3.63, 3.8) is 0 Å². The Balaban J connectivity index is 1.83. The fourth-order valence-electron chi connectivity index (χ4n) is 5.25. The largest absolute Gasteiger partial charge is 0.493 e. The lowest BCUT2D eigenvalue weighted by molar-refractivity contribution is -0.143. The van der Waals surface area contributed by atoms with Crippen LogP contribution < -0.4 is 28.4 Å². The Morgan fingerprint density at radius 1 is 0.825 bits per heavy atom. The molecule has 9 nitrogen and oxygen atoms in total. The van der Waals surface area contributed by atoms with E-state index in [0.29, 0.717) is 60.6 Å². The van der Waals surface area contributed by atoms with E-state index in [1.165, 1.54) is 0 Å². The fourth-order valence-corrected chi connectivity index (χ4v) is 5.25. The zero-order chi connectivity index (χ0) is 28.6. The Bertz CT molecular complexity index is 1250. The summed E-state index contributed by atoms with van der Waals surface area (Å²) in [5.41, 5.74) is 2.71. The molecule has 214 valence electrons. The summed E-state index contributed by atoms with van der Waals surface area (Å²) in [6, 6.07) is 17.1. The van der Waals surface area contributed by atoms with Crippen LogP contribution in [0.3, 0.4) is 0 Å². The van der Waals surface area contributed by atoms with Crippen molar-refractivity contribution in [2.75, 3.05) is 48.6 Å². The molecule has 1 fully saturated rings. The van der Waals surface area contributed by atoms with Gasteiger partial charge in [0, 0.05) is 6.54 Å². The summed E-state index contributed by atoms with van der Waals surface area (Å²) in [7, 11) is 7.88. The van der Waals surface area contributed by atoms with Gasteiger partial charge in [0.15, 0.2) is 23.0 Å². The molecule has 0 aliphatic carbocycles. The van der Waals surface area contributed by atoms with Gasteiger partial charge in [-0.25, -0.2) is 0 Å². The highest BCUT2D eigenvalue weighted by atomic mass is 16.5. The van der Waals surface area contributed by atoms with Crippen LogP contribution in [0.4, 0.5) is 0 Å². The first-order chi connectivity index (χ1) is 19.4. The maximum absolute atomic E-state index is 12.0. The van der Waals surface area contributed by atoms with Crippen LogP contribution in [-0.2, 0) is 11.4 Å². The minimum Gasteiger partial charge on any atom is -0.493 e. The maximum Gasteiger partial charge on any atom is 0.307 e. The Labute approximate surface area is 235 Å². The van der Waals surface area contributed by atoms with Crippen LogP contribution in [0.2, 0.25) is 0 Å². The Hall–Kier alpha value is -4.11. The van der Waals surface area contributed by atoms with E-state index in [-0.39, 0.29) is 6.04 Å². The number of benzene rings is 3. The molecule has 1 saturated heterocycles. The van der Waals surface area contributed by atoms with E-state index in [4.69, 9.17) is 28.4 Å². The number of hydrogen-bond acceptors (Lipinski definition) is 8. The van der Waals surface area contributed by atoms with Crippen molar-refractivity contribution in [3.05, 3.63) is 71.3 Å². The highest BCUT2D eigenvalue weighted by Gasteiger charge is 2.33. The van der Waals surface area contributed by atoms with Gasteiger partial charge >= 0.3 is 5.97 Å². The Morgan fingerprint density at radius 3 is 1.82 bits per heavy atom. The average Bonchev–Trinajstić information content (AvgIpc) is 3.00. The first-order valence-electron chi connectivity index (χ1n) is 13.1. The minimum atomic E-state index is -0.798. The normalized spacial score (nSPS) is 16.1. The van der Waals surface area contributed by atoms with Crippen molar-refractivity contribution in [3.8, 4) is 34.5 Å². The molecule has 1 aliphatic heterocycles. The molecule has 0 bridgehead atoms. The van der Waals surface area contributed by atoms with Crippen molar-refractivity contribution in [1.82, 2.24) is 4.90 Å². The molecular formula is C31H37NO8. The third kappa shape index (κ3) is 6.20. The SMILES string of the molecule is COc1cc(C(c2cc(OC)c(OCc3ccccc3)c(OC)c2)N2CCCC(C(=O)O)C2)cc(OC)c1OC. The summed E-state index contributed by atoms with van der Waals surface area (Å²) in [5, 5.41) is 9.83. The predicted molar refractivity (Wildman–Crippen MR) is 150 cm³/mol. The van der Waals surface area contributed by atoms with E-state index in [9.17, 15) is 9.90 Å². The molecule has 0 spiro atoms. The number of hydrogen-bond donors (Lipinski definition) is 1. The summed E-state index contributed by atoms with van der Waals surface area (Å²) in [4.78, 5) is 14.1. The second kappa shape index (κ2) is 13.3. The van der Waals surface area contributed by atoms with E-state index in [0.717, 1.165) is 23.1 Å². The number of piperidine rings is 1. The minimum absolute atomic E-state index is 0.343. The third-order valence-electron chi connectivity index (χ3n) is 7.19. The molecule has 2 unspecified atom stereocenters. The van der Waals surface area contributed by atoms with E-state index in [2.05, 4.69) is 4.90 Å². The van der Waals surface area contributed by atoms with E-state index in [1.54, 1.807) is 35.5 Å². The first kappa shape index (κ1) is 28.9. The number of aliphatic carboxylic acids is 1. The summed E-state index contributed by atoms with van der Waals surface area (Å²) >= 11 is 0. The molecule has 9 heteroatoms. The monoisotopic (exact) mass is 551 g/mol. The van der Waals surface area contributed by atoms with E-state index in [1.807, 2.05) is 54.6 Å². The van der Waals surface area contributed by atoms with Gasteiger partial charge in [0.2, 0.25) is 11.5 Å². The number of ether oxygens (including phenoxy) is 6. The Kier molecular flexibility index (Phi) is 9.60. The molecule has 0 radical (unpaired) electrons. The molecule has 0 amide bonds. The molecule has 40 heavy (non-hydrogen) atoms. The van der Waals surface area contributed by atoms with Gasteiger partial charge in [-0.15, -0.1) is 0 Å². The zero-order valence-electron chi connectivity index (χ0n) is 23.6. The quantitative estimate of drug-likeness (QED) is 0.326. The molecule has 0 saturated carbocycles. The van der Waals surface area contributed by atoms with E-state index < -0.39 is 11.9 Å². The molecular weight excluding hydrogens is 514 g/mol. The number of carbonyl (C=O) groups is 1. The summed E-state index contributed by atoms with van der Waals surface area (Å²) < 4.78 is 34.6. The third-order valence-corrected chi connectivity index (χ3v) is 7.19. The number of nitrogens with zero attached hydrogens (tertiary/aromatic N) is 1. The van der Waals surface area contributed by atoms with Gasteiger partial charge in [-0.2, -0.15) is 0 Å². The molecule has 3 aromatic rings. The number of methoxy groups -OCH3 is 5. The maximum atomic E-state index is 12.0. The molecule has 4 rings (SSSR count). The fraction of sp³-hybridized carbons (Fsp3) is 0.387. The topological polar surface area (TPSA) is 95.9 Å². The summed E-state index contributed by atoms with van der Waals surface area (Å²) in [6.45, 7) is 1.44. The molecule has 1 aliphatic rings. The molecule has 2 atom stereocenters. The van der Waals surface area contributed by atoms with E-state index >= 15 is 0 Å². The van der Waals surface area contributed by atoms with Crippen molar-refractivity contribution in [2.45, 2.75) is 25.5 Å². The second-order valence-electron chi connectivity index (χ2n) is 9.56. The second-order valence-corrected chi connectivity index (χ2v) is 9.56. The first-order valence-corrected chi connectivity index (χ1v) is 13.1. The van der Waals surface area contributed by atoms with Gasteiger partial charge in [-0.3, -0.25) is 9.69 Å². The van der Waals surface area contributed by atoms with Gasteiger partial charge in [-0.1, -0.05) is 30.3 Å². The van der Waals surface area contributed by atoms with Crippen LogP contribution in [-0.4, -0.2) is 64.6 Å². The lowest BCUT2D eigenvalue weighted by Crippen LogP contribution is -2.41. The highest BCUT2D eigenvalue weighted by Crippen LogP contribution is 2.46. The van der Waals surface area contributed by atoms with Gasteiger partial charge in [0.25, 0.3) is 0 Å². The van der Waals surface area contributed by atoms with Crippen LogP contribution in [0.5, 0.6) is 34.5 Å². The molecule has 0 aromatic heterocycles. The number of likely N-dealkylation sites (tertiary alicyclic amines) is 1. The standard InChI is InChI=1S/C31H37NO8/c1-35-24-14-22(15-25(36-2)29(24)39-5)28(32-13-9-12-21(18-32)31(33)34)23-16-26(37-3)30(27(17-23)38-4)40-19-20-10-7-6-8-11-20/h6-8,10-11,14-17,21,28H,9,12-13,18-19H2,1-5H3,(H,33,34). The number of carboxylic acids is 1. The van der Waals surface area contributed by atoms with Gasteiger partial charge < -0.3 is 33.5 Å². The van der Waals surface area contributed by atoms with Gasteiger partial charge in [0.05, 0.1) is 47.5 Å². The zero-order valence-corrected chi connectivity index (χ0v) is 23.6. The van der Waals surface area contributed by atoms with Crippen LogP contribution in [0.15, 0.2) is 54.6 Å². The smallest absolute Gasteiger partial charge is 0.307 e.